The van der Waals surface area contributed by atoms with Crippen LogP contribution in [0.5, 0.6) is 0 Å². The molecule has 0 spiro atoms. The quantitative estimate of drug-likeness (QED) is 0.746. The summed E-state index contributed by atoms with van der Waals surface area (Å²) in [5, 5.41) is 3.47. The van der Waals surface area contributed by atoms with Crippen molar-refractivity contribution >= 4 is 15.9 Å². The van der Waals surface area contributed by atoms with Crippen molar-refractivity contribution in [2.45, 2.75) is 33.1 Å². The van der Waals surface area contributed by atoms with Gasteiger partial charge >= 0.3 is 0 Å². The van der Waals surface area contributed by atoms with Gasteiger partial charge in [-0.25, -0.2) is 0 Å². The Morgan fingerprint density at radius 2 is 2.06 bits per heavy atom. The Kier molecular flexibility index (Phi) is 6.74. The highest BCUT2D eigenvalue weighted by Gasteiger charge is 1.95. The van der Waals surface area contributed by atoms with Crippen LogP contribution in [0.25, 0.3) is 0 Å². The molecule has 1 rings (SSSR count). The molecule has 2 heteroatoms. The highest BCUT2D eigenvalue weighted by Crippen LogP contribution is 2.13. The fourth-order valence-electron chi connectivity index (χ4n) is 1.66. The van der Waals surface area contributed by atoms with Crippen molar-refractivity contribution in [3.8, 4) is 0 Å². The third-order valence-electron chi connectivity index (χ3n) is 2.51. The van der Waals surface area contributed by atoms with Crippen molar-refractivity contribution in [1.82, 2.24) is 5.32 Å². The zero-order valence-electron chi connectivity index (χ0n) is 10.3. The topological polar surface area (TPSA) is 12.0 Å². The van der Waals surface area contributed by atoms with Crippen molar-refractivity contribution in [1.29, 1.82) is 0 Å². The van der Waals surface area contributed by atoms with Gasteiger partial charge in [0.15, 0.2) is 0 Å². The third kappa shape index (κ3) is 6.29. The van der Waals surface area contributed by atoms with Crippen molar-refractivity contribution in [2.75, 3.05) is 13.1 Å². The van der Waals surface area contributed by atoms with Gasteiger partial charge in [-0.2, -0.15) is 0 Å². The second kappa shape index (κ2) is 7.86. The van der Waals surface area contributed by atoms with Gasteiger partial charge in [0.25, 0.3) is 0 Å². The normalized spacial score (nSPS) is 11.0. The maximum absolute atomic E-state index is 3.50. The second-order valence-electron chi connectivity index (χ2n) is 4.68. The molecule has 16 heavy (non-hydrogen) atoms. The van der Waals surface area contributed by atoms with Crippen molar-refractivity contribution in [2.24, 2.45) is 5.92 Å². The Morgan fingerprint density at radius 3 is 2.75 bits per heavy atom. The van der Waals surface area contributed by atoms with Gasteiger partial charge in [0.1, 0.15) is 0 Å². The highest BCUT2D eigenvalue weighted by atomic mass is 79.9. The molecule has 0 aromatic heterocycles. The SMILES string of the molecule is CC(C)CNCCCCc1cccc(Br)c1. The van der Waals surface area contributed by atoms with Crippen LogP contribution in [-0.4, -0.2) is 13.1 Å². The number of rotatable bonds is 7. The van der Waals surface area contributed by atoms with Crippen LogP contribution in [0.3, 0.4) is 0 Å². The number of hydrogen-bond acceptors (Lipinski definition) is 1. The number of benzene rings is 1. The molecule has 0 unspecified atom stereocenters. The maximum atomic E-state index is 3.50. The largest absolute Gasteiger partial charge is 0.316 e. The van der Waals surface area contributed by atoms with E-state index in [4.69, 9.17) is 0 Å². The van der Waals surface area contributed by atoms with Gasteiger partial charge < -0.3 is 5.32 Å². The molecule has 0 aliphatic carbocycles. The first-order chi connectivity index (χ1) is 7.68. The average molecular weight is 284 g/mol. The summed E-state index contributed by atoms with van der Waals surface area (Å²) in [6.07, 6.45) is 3.71. The number of hydrogen-bond donors (Lipinski definition) is 1. The van der Waals surface area contributed by atoms with Crippen LogP contribution in [0.2, 0.25) is 0 Å². The zero-order valence-corrected chi connectivity index (χ0v) is 11.9. The molecule has 0 atom stereocenters. The van der Waals surface area contributed by atoms with Gasteiger partial charge in [-0.1, -0.05) is 41.9 Å². The Morgan fingerprint density at radius 1 is 1.25 bits per heavy atom. The second-order valence-corrected chi connectivity index (χ2v) is 5.60. The lowest BCUT2D eigenvalue weighted by molar-refractivity contribution is 0.535. The molecular weight excluding hydrogens is 262 g/mol. The lowest BCUT2D eigenvalue weighted by atomic mass is 10.1. The summed E-state index contributed by atoms with van der Waals surface area (Å²) in [5.41, 5.74) is 1.43. The molecule has 1 nitrogen and oxygen atoms in total. The molecule has 0 amide bonds. The van der Waals surface area contributed by atoms with Gasteiger partial charge in [-0.05, 0) is 56.0 Å². The first kappa shape index (κ1) is 13.7. The van der Waals surface area contributed by atoms with Crippen LogP contribution >= 0.6 is 15.9 Å². The van der Waals surface area contributed by atoms with Gasteiger partial charge in [0, 0.05) is 4.47 Å². The monoisotopic (exact) mass is 283 g/mol. The molecule has 0 radical (unpaired) electrons. The van der Waals surface area contributed by atoms with Crippen LogP contribution < -0.4 is 5.32 Å². The van der Waals surface area contributed by atoms with Crippen LogP contribution in [-0.2, 0) is 6.42 Å². The Balaban J connectivity index is 2.07. The van der Waals surface area contributed by atoms with E-state index in [1.165, 1.54) is 29.3 Å². The van der Waals surface area contributed by atoms with Gasteiger partial charge in [-0.15, -0.1) is 0 Å². The number of unbranched alkanes of at least 4 members (excludes halogenated alkanes) is 1. The summed E-state index contributed by atoms with van der Waals surface area (Å²) in [6, 6.07) is 8.60. The molecule has 0 aliphatic heterocycles. The molecule has 0 aliphatic rings. The summed E-state index contributed by atoms with van der Waals surface area (Å²) in [4.78, 5) is 0. The summed E-state index contributed by atoms with van der Waals surface area (Å²) in [5.74, 6) is 0.755. The van der Waals surface area contributed by atoms with Crippen LogP contribution in [0.1, 0.15) is 32.3 Å². The van der Waals surface area contributed by atoms with Crippen LogP contribution in [0, 0.1) is 5.92 Å². The summed E-state index contributed by atoms with van der Waals surface area (Å²) in [6.45, 7) is 6.77. The number of nitrogens with one attached hydrogen (secondary N) is 1. The first-order valence-electron chi connectivity index (χ1n) is 6.13. The minimum Gasteiger partial charge on any atom is -0.316 e. The molecular formula is C14H22BrN. The molecule has 0 fully saturated rings. The molecule has 90 valence electrons. The summed E-state index contributed by atoms with van der Waals surface area (Å²) < 4.78 is 1.18. The molecule has 0 saturated heterocycles. The van der Waals surface area contributed by atoms with Crippen molar-refractivity contribution in [3.05, 3.63) is 34.3 Å². The smallest absolute Gasteiger partial charge is 0.0177 e. The lowest BCUT2D eigenvalue weighted by Gasteiger charge is -2.07. The highest BCUT2D eigenvalue weighted by molar-refractivity contribution is 9.10. The fraction of sp³-hybridized carbons (Fsp3) is 0.571. The van der Waals surface area contributed by atoms with E-state index in [1.54, 1.807) is 0 Å². The standard InChI is InChI=1S/C14H22BrN/c1-12(2)11-16-9-4-3-6-13-7-5-8-14(15)10-13/h5,7-8,10,12,16H,3-4,6,9,11H2,1-2H3. The maximum Gasteiger partial charge on any atom is 0.0177 e. The molecule has 1 N–H and O–H groups in total. The van der Waals surface area contributed by atoms with Crippen molar-refractivity contribution in [3.63, 3.8) is 0 Å². The molecule has 0 saturated carbocycles. The van der Waals surface area contributed by atoms with E-state index in [2.05, 4.69) is 59.4 Å². The first-order valence-corrected chi connectivity index (χ1v) is 6.93. The number of halogens is 1. The lowest BCUT2D eigenvalue weighted by Crippen LogP contribution is -2.20. The third-order valence-corrected chi connectivity index (χ3v) is 3.00. The zero-order chi connectivity index (χ0) is 11.8. The Bertz CT molecular complexity index is 297. The fourth-order valence-corrected chi connectivity index (χ4v) is 2.11. The van der Waals surface area contributed by atoms with Gasteiger partial charge in [0.2, 0.25) is 0 Å². The molecule has 1 aromatic carbocycles. The molecule has 0 heterocycles. The van der Waals surface area contributed by atoms with E-state index in [0.717, 1.165) is 19.0 Å². The van der Waals surface area contributed by atoms with E-state index >= 15 is 0 Å². The van der Waals surface area contributed by atoms with E-state index < -0.39 is 0 Å². The summed E-state index contributed by atoms with van der Waals surface area (Å²) >= 11 is 3.50. The van der Waals surface area contributed by atoms with E-state index in [9.17, 15) is 0 Å². The summed E-state index contributed by atoms with van der Waals surface area (Å²) in [7, 11) is 0. The Hall–Kier alpha value is -0.340. The van der Waals surface area contributed by atoms with Crippen LogP contribution in [0.4, 0.5) is 0 Å². The van der Waals surface area contributed by atoms with E-state index in [0.29, 0.717) is 0 Å². The van der Waals surface area contributed by atoms with E-state index in [1.807, 2.05) is 0 Å². The van der Waals surface area contributed by atoms with Gasteiger partial charge in [-0.3, -0.25) is 0 Å². The van der Waals surface area contributed by atoms with Crippen molar-refractivity contribution < 1.29 is 0 Å². The minimum absolute atomic E-state index is 0.755. The van der Waals surface area contributed by atoms with E-state index in [-0.39, 0.29) is 0 Å². The van der Waals surface area contributed by atoms with Crippen LogP contribution in [0.15, 0.2) is 28.7 Å². The molecule has 1 aromatic rings. The predicted octanol–water partition coefficient (Wildman–Crippen LogP) is 4.02. The molecule has 0 bridgehead atoms. The Labute approximate surface area is 108 Å². The average Bonchev–Trinajstić information content (AvgIpc) is 2.23. The number of aryl methyl sites for hydroxylation is 1. The van der Waals surface area contributed by atoms with Gasteiger partial charge in [0.05, 0.1) is 0 Å². The minimum atomic E-state index is 0.755. The predicted molar refractivity (Wildman–Crippen MR) is 74.8 cm³/mol.